The molecule has 0 radical (unpaired) electrons. The highest BCUT2D eigenvalue weighted by atomic mass is 35.5. The Labute approximate surface area is 223 Å². The molecule has 0 saturated heterocycles. The molecule has 1 atom stereocenters. The highest BCUT2D eigenvalue weighted by Crippen LogP contribution is 2.36. The van der Waals surface area contributed by atoms with Gasteiger partial charge in [0.25, 0.3) is 0 Å². The van der Waals surface area contributed by atoms with Crippen molar-refractivity contribution in [3.8, 4) is 21.6 Å². The van der Waals surface area contributed by atoms with Crippen LogP contribution in [0.4, 0.5) is 14.9 Å². The van der Waals surface area contributed by atoms with E-state index in [9.17, 15) is 14.0 Å². The van der Waals surface area contributed by atoms with E-state index in [0.717, 1.165) is 10.4 Å². The van der Waals surface area contributed by atoms with Gasteiger partial charge in [0, 0.05) is 16.1 Å². The summed E-state index contributed by atoms with van der Waals surface area (Å²) < 4.78 is 29.3. The number of hydrogen-bond donors (Lipinski definition) is 1. The number of benzene rings is 3. The van der Waals surface area contributed by atoms with Crippen molar-refractivity contribution in [3.05, 3.63) is 94.4 Å². The third kappa shape index (κ3) is 6.15. The molecule has 1 N–H and O–H groups in total. The molecule has 0 aliphatic heterocycles. The summed E-state index contributed by atoms with van der Waals surface area (Å²) in [5, 5.41) is 3.33. The molecule has 0 aliphatic rings. The fraction of sp³-hybridized carbons (Fsp3) is 0.179. The Bertz CT molecular complexity index is 1440. The van der Waals surface area contributed by atoms with E-state index in [-0.39, 0.29) is 6.42 Å². The summed E-state index contributed by atoms with van der Waals surface area (Å²) in [5.41, 5.74) is 4.35. The molecular weight excluding hydrogens is 515 g/mol. The summed E-state index contributed by atoms with van der Waals surface area (Å²) >= 11 is 7.46. The molecule has 0 bridgehead atoms. The van der Waals surface area contributed by atoms with Crippen LogP contribution in [-0.4, -0.2) is 23.5 Å². The number of methoxy groups -OCH3 is 1. The lowest BCUT2D eigenvalue weighted by atomic mass is 10.00. The first kappa shape index (κ1) is 26.3. The molecule has 0 saturated carbocycles. The van der Waals surface area contributed by atoms with Gasteiger partial charge in [-0.2, -0.15) is 4.37 Å². The highest BCUT2D eigenvalue weighted by molar-refractivity contribution is 7.10. The van der Waals surface area contributed by atoms with E-state index >= 15 is 0 Å². The predicted molar refractivity (Wildman–Crippen MR) is 143 cm³/mol. The second kappa shape index (κ2) is 11.5. The summed E-state index contributed by atoms with van der Waals surface area (Å²) in [4.78, 5) is 24.9. The van der Waals surface area contributed by atoms with Gasteiger partial charge in [-0.05, 0) is 54.2 Å². The van der Waals surface area contributed by atoms with E-state index in [0.29, 0.717) is 38.7 Å². The van der Waals surface area contributed by atoms with Crippen molar-refractivity contribution in [2.75, 3.05) is 12.4 Å². The van der Waals surface area contributed by atoms with Crippen LogP contribution in [0.15, 0.2) is 66.7 Å². The SMILES string of the molecule is COC(=O)Cc1ccc(-c2ccc(-c3snc(C)c3NC(=O)OC(C)c3ccccc3Cl)cc2)c(F)c1. The van der Waals surface area contributed by atoms with Gasteiger partial charge in [0.15, 0.2) is 0 Å². The van der Waals surface area contributed by atoms with E-state index in [1.807, 2.05) is 24.3 Å². The molecule has 4 aromatic rings. The number of nitrogens with one attached hydrogen (secondary N) is 1. The molecule has 9 heteroatoms. The number of aryl methyl sites for hydroxylation is 1. The van der Waals surface area contributed by atoms with Crippen LogP contribution in [0.2, 0.25) is 5.02 Å². The maximum Gasteiger partial charge on any atom is 0.412 e. The zero-order chi connectivity index (χ0) is 26.5. The number of anilines is 1. The van der Waals surface area contributed by atoms with Gasteiger partial charge in [-0.3, -0.25) is 10.1 Å². The van der Waals surface area contributed by atoms with E-state index < -0.39 is 24.0 Å². The first-order chi connectivity index (χ1) is 17.8. The van der Waals surface area contributed by atoms with Crippen molar-refractivity contribution < 1.29 is 23.5 Å². The molecule has 1 unspecified atom stereocenters. The third-order valence-corrected chi connectivity index (χ3v) is 7.12. The zero-order valence-electron chi connectivity index (χ0n) is 20.4. The van der Waals surface area contributed by atoms with Crippen LogP contribution in [0.5, 0.6) is 0 Å². The van der Waals surface area contributed by atoms with Crippen LogP contribution >= 0.6 is 23.1 Å². The number of carbonyl (C=O) groups is 2. The van der Waals surface area contributed by atoms with Crippen LogP contribution in [0.3, 0.4) is 0 Å². The van der Waals surface area contributed by atoms with Crippen molar-refractivity contribution in [2.45, 2.75) is 26.4 Å². The zero-order valence-corrected chi connectivity index (χ0v) is 22.0. The number of esters is 1. The largest absolute Gasteiger partial charge is 0.469 e. The first-order valence-corrected chi connectivity index (χ1v) is 12.6. The van der Waals surface area contributed by atoms with Gasteiger partial charge >= 0.3 is 12.1 Å². The lowest BCUT2D eigenvalue weighted by Gasteiger charge is -2.16. The summed E-state index contributed by atoms with van der Waals surface area (Å²) in [6, 6.07) is 19.1. The Kier molecular flexibility index (Phi) is 8.21. The molecule has 37 heavy (non-hydrogen) atoms. The Hall–Kier alpha value is -3.75. The van der Waals surface area contributed by atoms with Crippen LogP contribution in [0, 0.1) is 12.7 Å². The average molecular weight is 539 g/mol. The number of amides is 1. The molecule has 0 fully saturated rings. The number of hydrogen-bond acceptors (Lipinski definition) is 6. The minimum absolute atomic E-state index is 0.00669. The van der Waals surface area contributed by atoms with Crippen molar-refractivity contribution in [3.63, 3.8) is 0 Å². The standard InChI is InChI=1S/C28H24ClFN2O4S/c1-16-26(31-28(34)36-17(2)21-6-4-5-7-23(21)29)27(37-32-16)20-11-9-19(10-12-20)22-13-8-18(14-24(22)30)15-25(33)35-3/h4-14,17H,15H2,1-3H3,(H,31,34). The van der Waals surface area contributed by atoms with E-state index in [4.69, 9.17) is 16.3 Å². The number of carbonyl (C=O) groups excluding carboxylic acids is 2. The molecule has 190 valence electrons. The number of nitrogens with zero attached hydrogens (tertiary/aromatic N) is 1. The van der Waals surface area contributed by atoms with Crippen molar-refractivity contribution in [1.82, 2.24) is 4.37 Å². The average Bonchev–Trinajstić information content (AvgIpc) is 3.24. The number of rotatable bonds is 7. The third-order valence-electron chi connectivity index (χ3n) is 5.78. The van der Waals surface area contributed by atoms with Crippen LogP contribution < -0.4 is 5.32 Å². The highest BCUT2D eigenvalue weighted by Gasteiger charge is 2.19. The van der Waals surface area contributed by atoms with Gasteiger partial charge in [0.05, 0.1) is 29.8 Å². The molecular formula is C28H24ClFN2O4S. The molecule has 1 heterocycles. The smallest absolute Gasteiger partial charge is 0.412 e. The Morgan fingerprint density at radius 2 is 1.78 bits per heavy atom. The van der Waals surface area contributed by atoms with Gasteiger partial charge in [-0.25, -0.2) is 9.18 Å². The second-order valence-corrected chi connectivity index (χ2v) is 9.49. The number of ether oxygens (including phenoxy) is 2. The molecule has 0 spiro atoms. The topological polar surface area (TPSA) is 77.5 Å². The van der Waals surface area contributed by atoms with E-state index in [1.54, 1.807) is 50.2 Å². The van der Waals surface area contributed by atoms with Crippen molar-refractivity contribution in [1.29, 1.82) is 0 Å². The van der Waals surface area contributed by atoms with Crippen molar-refractivity contribution in [2.24, 2.45) is 0 Å². The van der Waals surface area contributed by atoms with Gasteiger partial charge in [0.1, 0.15) is 11.9 Å². The van der Waals surface area contributed by atoms with Gasteiger partial charge < -0.3 is 9.47 Å². The van der Waals surface area contributed by atoms with E-state index in [1.165, 1.54) is 24.7 Å². The molecule has 0 aliphatic carbocycles. The molecule has 4 rings (SSSR count). The lowest BCUT2D eigenvalue weighted by Crippen LogP contribution is -2.16. The number of aromatic nitrogens is 1. The first-order valence-electron chi connectivity index (χ1n) is 11.4. The molecule has 1 amide bonds. The van der Waals surface area contributed by atoms with Crippen LogP contribution in [0.1, 0.15) is 29.8 Å². The summed E-state index contributed by atoms with van der Waals surface area (Å²) in [5.74, 6) is -0.858. The van der Waals surface area contributed by atoms with Crippen LogP contribution in [0.25, 0.3) is 21.6 Å². The van der Waals surface area contributed by atoms with Gasteiger partial charge in [-0.15, -0.1) is 0 Å². The molecule has 3 aromatic carbocycles. The quantitative estimate of drug-likeness (QED) is 0.245. The summed E-state index contributed by atoms with van der Waals surface area (Å²) in [6.07, 6.45) is -1.16. The maximum atomic E-state index is 14.7. The Balaban J connectivity index is 1.50. The van der Waals surface area contributed by atoms with E-state index in [2.05, 4.69) is 14.4 Å². The second-order valence-electron chi connectivity index (χ2n) is 8.31. The van der Waals surface area contributed by atoms with Crippen LogP contribution in [-0.2, 0) is 20.7 Å². The normalized spacial score (nSPS) is 11.6. The fourth-order valence-electron chi connectivity index (χ4n) is 3.82. The minimum Gasteiger partial charge on any atom is -0.469 e. The minimum atomic E-state index is -0.622. The predicted octanol–water partition coefficient (Wildman–Crippen LogP) is 7.60. The fourth-order valence-corrected chi connectivity index (χ4v) is 4.96. The summed E-state index contributed by atoms with van der Waals surface area (Å²) in [7, 11) is 1.30. The van der Waals surface area contributed by atoms with Crippen molar-refractivity contribution >= 4 is 40.9 Å². The summed E-state index contributed by atoms with van der Waals surface area (Å²) in [6.45, 7) is 3.55. The maximum absolute atomic E-state index is 14.7. The lowest BCUT2D eigenvalue weighted by molar-refractivity contribution is -0.139. The Morgan fingerprint density at radius 1 is 1.08 bits per heavy atom. The monoisotopic (exact) mass is 538 g/mol. The molecule has 6 nitrogen and oxygen atoms in total. The molecule has 1 aromatic heterocycles. The van der Waals surface area contributed by atoms with Gasteiger partial charge in [-0.1, -0.05) is 66.2 Å². The Morgan fingerprint density at radius 3 is 2.46 bits per heavy atom. The van der Waals surface area contributed by atoms with Gasteiger partial charge in [0.2, 0.25) is 0 Å². The number of halogens is 2.